The topological polar surface area (TPSA) is 113 Å². The molecule has 0 aromatic heterocycles. The minimum absolute atomic E-state index is 0. The Hall–Kier alpha value is -2.12. The Bertz CT molecular complexity index is 607. The van der Waals surface area contributed by atoms with Crippen LogP contribution in [0.25, 0.3) is 0 Å². The Kier molecular flexibility index (Phi) is 9.78. The Labute approximate surface area is 154 Å². The maximum absolute atomic E-state index is 11.9. The van der Waals surface area contributed by atoms with E-state index in [0.29, 0.717) is 5.69 Å². The van der Waals surface area contributed by atoms with Gasteiger partial charge in [-0.3, -0.25) is 14.4 Å². The van der Waals surface area contributed by atoms with Gasteiger partial charge in [0.25, 0.3) is 0 Å². The van der Waals surface area contributed by atoms with Crippen LogP contribution in [0.2, 0.25) is 0 Å². The first-order chi connectivity index (χ1) is 11.2. The van der Waals surface area contributed by atoms with Crippen LogP contribution < -0.4 is 21.7 Å². The van der Waals surface area contributed by atoms with Crippen molar-refractivity contribution >= 4 is 35.8 Å². The maximum atomic E-state index is 11.9. The average molecular weight is 371 g/mol. The molecule has 0 spiro atoms. The Morgan fingerprint density at radius 1 is 1.16 bits per heavy atom. The van der Waals surface area contributed by atoms with E-state index in [0.717, 1.165) is 5.56 Å². The van der Waals surface area contributed by atoms with Crippen LogP contribution >= 0.6 is 12.4 Å². The third kappa shape index (κ3) is 8.00. The number of hydrogen-bond acceptors (Lipinski definition) is 4. The van der Waals surface area contributed by atoms with Gasteiger partial charge in [-0.25, -0.2) is 0 Å². The van der Waals surface area contributed by atoms with E-state index in [9.17, 15) is 14.4 Å². The van der Waals surface area contributed by atoms with Crippen LogP contribution in [0.5, 0.6) is 0 Å². The molecule has 0 saturated carbocycles. The van der Waals surface area contributed by atoms with Crippen LogP contribution in [0.15, 0.2) is 24.3 Å². The highest BCUT2D eigenvalue weighted by molar-refractivity contribution is 5.89. The molecule has 0 aliphatic heterocycles. The number of halogens is 1. The molecular formula is C17H27ClN4O3. The number of hydrogen-bond donors (Lipinski definition) is 4. The van der Waals surface area contributed by atoms with Crippen molar-refractivity contribution in [1.29, 1.82) is 0 Å². The predicted octanol–water partition coefficient (Wildman–Crippen LogP) is 1.34. The largest absolute Gasteiger partial charge is 0.348 e. The number of benzene rings is 1. The lowest BCUT2D eigenvalue weighted by Gasteiger charge is -2.17. The molecule has 0 radical (unpaired) electrons. The number of nitrogens with two attached hydrogens (primary N) is 1. The first kappa shape index (κ1) is 22.9. The van der Waals surface area contributed by atoms with Gasteiger partial charge in [-0.1, -0.05) is 26.0 Å². The molecule has 5 N–H and O–H groups in total. The Balaban J connectivity index is 0.00000576. The lowest BCUT2D eigenvalue weighted by molar-refractivity contribution is -0.127. The van der Waals surface area contributed by atoms with Crippen LogP contribution in [-0.2, 0) is 14.4 Å². The number of carbonyl (C=O) groups is 3. The molecule has 25 heavy (non-hydrogen) atoms. The van der Waals surface area contributed by atoms with Gasteiger partial charge in [0.2, 0.25) is 17.7 Å². The summed E-state index contributed by atoms with van der Waals surface area (Å²) in [5.74, 6) is -0.811. The van der Waals surface area contributed by atoms with Crippen molar-refractivity contribution in [3.05, 3.63) is 29.8 Å². The molecule has 0 fully saturated rings. The predicted molar refractivity (Wildman–Crippen MR) is 100 cm³/mol. The molecule has 0 aliphatic rings. The summed E-state index contributed by atoms with van der Waals surface area (Å²) in [5.41, 5.74) is 7.23. The number of carbonyl (C=O) groups excluding carboxylic acids is 3. The third-order valence-electron chi connectivity index (χ3n) is 3.53. The molecule has 1 rings (SSSR count). The van der Waals surface area contributed by atoms with E-state index in [4.69, 9.17) is 5.73 Å². The van der Waals surface area contributed by atoms with E-state index < -0.39 is 6.04 Å². The normalized spacial score (nSPS) is 12.6. The van der Waals surface area contributed by atoms with Crippen LogP contribution in [0.3, 0.4) is 0 Å². The molecule has 140 valence electrons. The summed E-state index contributed by atoms with van der Waals surface area (Å²) >= 11 is 0. The molecule has 7 nitrogen and oxygen atoms in total. The van der Waals surface area contributed by atoms with Crippen molar-refractivity contribution in [3.63, 3.8) is 0 Å². The molecule has 0 aliphatic carbocycles. The monoisotopic (exact) mass is 370 g/mol. The molecule has 0 saturated heterocycles. The van der Waals surface area contributed by atoms with Crippen molar-refractivity contribution in [2.45, 2.75) is 39.8 Å². The summed E-state index contributed by atoms with van der Waals surface area (Å²) in [7, 11) is 0. The molecular weight excluding hydrogens is 344 g/mol. The zero-order valence-corrected chi connectivity index (χ0v) is 15.8. The van der Waals surface area contributed by atoms with Gasteiger partial charge in [0.1, 0.15) is 0 Å². The molecule has 0 bridgehead atoms. The first-order valence-electron chi connectivity index (χ1n) is 7.91. The van der Waals surface area contributed by atoms with Crippen molar-refractivity contribution in [3.8, 4) is 0 Å². The van der Waals surface area contributed by atoms with E-state index in [1.165, 1.54) is 6.92 Å². The fourth-order valence-corrected chi connectivity index (χ4v) is 2.05. The van der Waals surface area contributed by atoms with Gasteiger partial charge in [0.15, 0.2) is 0 Å². The van der Waals surface area contributed by atoms with Gasteiger partial charge in [0.05, 0.1) is 18.6 Å². The highest BCUT2D eigenvalue weighted by Crippen LogP contribution is 2.17. The second-order valence-corrected chi connectivity index (χ2v) is 6.08. The smallest absolute Gasteiger partial charge is 0.239 e. The minimum atomic E-state index is -0.635. The number of rotatable bonds is 7. The summed E-state index contributed by atoms with van der Waals surface area (Å²) in [6.07, 6.45) is 0. The van der Waals surface area contributed by atoms with Gasteiger partial charge in [-0.15, -0.1) is 12.4 Å². The quantitative estimate of drug-likeness (QED) is 0.580. The second kappa shape index (κ2) is 10.7. The van der Waals surface area contributed by atoms with Gasteiger partial charge in [-0.2, -0.15) is 0 Å². The summed E-state index contributed by atoms with van der Waals surface area (Å²) in [6, 6.07) is 6.31. The summed E-state index contributed by atoms with van der Waals surface area (Å²) in [6.45, 7) is 6.81. The van der Waals surface area contributed by atoms with E-state index in [2.05, 4.69) is 16.0 Å². The SMILES string of the molecule is CC(=O)Nc1cccc(C(C)NC(=O)CNC(=O)[C@@H](N)C(C)C)c1.Cl. The van der Waals surface area contributed by atoms with Crippen LogP contribution in [0.4, 0.5) is 5.69 Å². The van der Waals surface area contributed by atoms with E-state index in [1.54, 1.807) is 18.2 Å². The van der Waals surface area contributed by atoms with Gasteiger partial charge in [0, 0.05) is 12.6 Å². The number of amides is 3. The maximum Gasteiger partial charge on any atom is 0.239 e. The third-order valence-corrected chi connectivity index (χ3v) is 3.53. The summed E-state index contributed by atoms with van der Waals surface area (Å²) < 4.78 is 0. The molecule has 3 amide bonds. The molecule has 2 atom stereocenters. The zero-order valence-electron chi connectivity index (χ0n) is 15.0. The highest BCUT2D eigenvalue weighted by Gasteiger charge is 2.18. The lowest BCUT2D eigenvalue weighted by atomic mass is 10.1. The standard InChI is InChI=1S/C17H26N4O3.ClH/c1-10(2)16(18)17(24)19-9-15(23)20-11(3)13-6-5-7-14(8-13)21-12(4)22;/h5-8,10-11,16H,9,18H2,1-4H3,(H,19,24)(H,20,23)(H,21,22);1H/t11?,16-;/m0./s1. The molecule has 1 unspecified atom stereocenters. The van der Waals surface area contributed by atoms with Gasteiger partial charge >= 0.3 is 0 Å². The van der Waals surface area contributed by atoms with Crippen LogP contribution in [0.1, 0.15) is 39.3 Å². The van der Waals surface area contributed by atoms with E-state index >= 15 is 0 Å². The fraction of sp³-hybridized carbons (Fsp3) is 0.471. The summed E-state index contributed by atoms with van der Waals surface area (Å²) in [5, 5.41) is 8.01. The second-order valence-electron chi connectivity index (χ2n) is 6.08. The zero-order chi connectivity index (χ0) is 18.3. The van der Waals surface area contributed by atoms with Crippen molar-refractivity contribution in [2.75, 3.05) is 11.9 Å². The van der Waals surface area contributed by atoms with Crippen LogP contribution in [0, 0.1) is 5.92 Å². The van der Waals surface area contributed by atoms with E-state index in [1.807, 2.05) is 26.8 Å². The number of anilines is 1. The van der Waals surface area contributed by atoms with Gasteiger partial charge < -0.3 is 21.7 Å². The van der Waals surface area contributed by atoms with Gasteiger partial charge in [-0.05, 0) is 30.5 Å². The average Bonchev–Trinajstić information content (AvgIpc) is 2.51. The van der Waals surface area contributed by atoms with E-state index in [-0.39, 0.29) is 48.6 Å². The minimum Gasteiger partial charge on any atom is -0.348 e. The summed E-state index contributed by atoms with van der Waals surface area (Å²) in [4.78, 5) is 34.8. The van der Waals surface area contributed by atoms with Crippen molar-refractivity contribution in [1.82, 2.24) is 10.6 Å². The first-order valence-corrected chi connectivity index (χ1v) is 7.91. The molecule has 1 aromatic rings. The fourth-order valence-electron chi connectivity index (χ4n) is 2.05. The van der Waals surface area contributed by atoms with Crippen molar-refractivity contribution in [2.24, 2.45) is 11.7 Å². The lowest BCUT2D eigenvalue weighted by Crippen LogP contribution is -2.47. The highest BCUT2D eigenvalue weighted by atomic mass is 35.5. The van der Waals surface area contributed by atoms with Crippen LogP contribution in [-0.4, -0.2) is 30.3 Å². The molecule has 8 heteroatoms. The number of nitrogens with one attached hydrogen (secondary N) is 3. The molecule has 0 heterocycles. The Morgan fingerprint density at radius 3 is 2.36 bits per heavy atom. The molecule has 1 aromatic carbocycles. The van der Waals surface area contributed by atoms with Crippen molar-refractivity contribution < 1.29 is 14.4 Å². The Morgan fingerprint density at radius 2 is 1.80 bits per heavy atom.